The molecule has 0 atom stereocenters. The first kappa shape index (κ1) is 27.3. The van der Waals surface area contributed by atoms with E-state index in [1.807, 2.05) is 54.5 Å². The number of benzene rings is 2. The molecule has 10 heteroatoms. The third-order valence-electron chi connectivity index (χ3n) is 6.68. The first-order valence-electron chi connectivity index (χ1n) is 12.8. The van der Waals surface area contributed by atoms with Crippen molar-refractivity contribution in [1.29, 1.82) is 5.41 Å². The highest BCUT2D eigenvalue weighted by Crippen LogP contribution is 2.35. The van der Waals surface area contributed by atoms with Crippen LogP contribution < -0.4 is 16.5 Å². The van der Waals surface area contributed by atoms with E-state index in [4.69, 9.17) is 27.5 Å². The van der Waals surface area contributed by atoms with Crippen LogP contribution in [0.4, 0.5) is 16.3 Å². The van der Waals surface area contributed by atoms with Crippen molar-refractivity contribution in [2.45, 2.75) is 39.2 Å². The molecule has 3 aromatic rings. The number of carbonyl (C=O) groups excluding carboxylic acids is 1. The van der Waals surface area contributed by atoms with E-state index < -0.39 is 12.0 Å². The standard InChI is InChI=1S/C28H34ClN7O2/c1-18-11-13-19(14-12-18)16-32-24-23(21-9-6-10-22(29)15-21)33-27(25(30)38-28(31)37)34-26(24)35-36(2)17-20-7-4-3-5-8-20/h3-10,15,18-19,30,32H,11-14,16-17H2,1-2H3,(H2,31,37)(H,33,34,35). The number of hydrazine groups is 1. The lowest BCUT2D eigenvalue weighted by Gasteiger charge is -2.28. The van der Waals surface area contributed by atoms with E-state index in [2.05, 4.69) is 27.6 Å². The Morgan fingerprint density at radius 2 is 1.87 bits per heavy atom. The maximum Gasteiger partial charge on any atom is 0.411 e. The number of ether oxygens (including phenoxy) is 1. The van der Waals surface area contributed by atoms with Gasteiger partial charge in [0.05, 0.1) is 5.69 Å². The van der Waals surface area contributed by atoms with Crippen molar-refractivity contribution >= 4 is 35.1 Å². The second-order valence-electron chi connectivity index (χ2n) is 9.84. The van der Waals surface area contributed by atoms with Crippen LogP contribution in [0.1, 0.15) is 44.0 Å². The highest BCUT2D eigenvalue weighted by atomic mass is 35.5. The lowest BCUT2D eigenvalue weighted by molar-refractivity contribution is 0.207. The average molecular weight is 536 g/mol. The van der Waals surface area contributed by atoms with Crippen molar-refractivity contribution in [2.75, 3.05) is 24.3 Å². The Labute approximate surface area is 228 Å². The van der Waals surface area contributed by atoms with Crippen LogP contribution in [0.3, 0.4) is 0 Å². The molecule has 1 saturated carbocycles. The smallest absolute Gasteiger partial charge is 0.388 e. The summed E-state index contributed by atoms with van der Waals surface area (Å²) in [6.07, 6.45) is 3.65. The fourth-order valence-corrected chi connectivity index (χ4v) is 4.85. The van der Waals surface area contributed by atoms with Crippen molar-refractivity contribution < 1.29 is 9.53 Å². The van der Waals surface area contributed by atoms with Gasteiger partial charge >= 0.3 is 6.09 Å². The maximum atomic E-state index is 11.4. The van der Waals surface area contributed by atoms with E-state index in [9.17, 15) is 4.79 Å². The fraction of sp³-hybridized carbons (Fsp3) is 0.357. The quantitative estimate of drug-likeness (QED) is 0.152. The number of rotatable bonds is 9. The first-order chi connectivity index (χ1) is 18.3. The van der Waals surface area contributed by atoms with Gasteiger partial charge in [-0.1, -0.05) is 73.8 Å². The highest BCUT2D eigenvalue weighted by Gasteiger charge is 2.23. The summed E-state index contributed by atoms with van der Waals surface area (Å²) in [5.41, 5.74) is 11.6. The zero-order valence-corrected chi connectivity index (χ0v) is 22.5. The zero-order valence-electron chi connectivity index (χ0n) is 21.7. The topological polar surface area (TPSA) is 129 Å². The summed E-state index contributed by atoms with van der Waals surface area (Å²) in [7, 11) is 1.91. The van der Waals surface area contributed by atoms with Gasteiger partial charge in [0.2, 0.25) is 5.82 Å². The number of hydrogen-bond acceptors (Lipinski definition) is 8. The highest BCUT2D eigenvalue weighted by molar-refractivity contribution is 6.30. The van der Waals surface area contributed by atoms with Gasteiger partial charge in [0.1, 0.15) is 5.69 Å². The molecular formula is C28H34ClN7O2. The normalized spacial score (nSPS) is 17.2. The van der Waals surface area contributed by atoms with Crippen LogP contribution in [0, 0.1) is 17.2 Å². The Bertz CT molecular complexity index is 1260. The number of anilines is 2. The number of carbonyl (C=O) groups is 1. The summed E-state index contributed by atoms with van der Waals surface area (Å²) in [6, 6.07) is 17.4. The van der Waals surface area contributed by atoms with Crippen LogP contribution in [0.25, 0.3) is 11.3 Å². The maximum absolute atomic E-state index is 11.4. The average Bonchev–Trinajstić information content (AvgIpc) is 2.88. The Hall–Kier alpha value is -3.69. The molecule has 0 bridgehead atoms. The molecule has 0 unspecified atom stereocenters. The molecule has 1 aliphatic carbocycles. The summed E-state index contributed by atoms with van der Waals surface area (Å²) in [4.78, 5) is 20.6. The summed E-state index contributed by atoms with van der Waals surface area (Å²) < 4.78 is 4.82. The molecule has 38 heavy (non-hydrogen) atoms. The molecule has 1 aromatic heterocycles. The van der Waals surface area contributed by atoms with Gasteiger partial charge in [-0.2, -0.15) is 0 Å². The molecule has 200 valence electrons. The number of primary amides is 1. The summed E-state index contributed by atoms with van der Waals surface area (Å²) in [6.45, 7) is 3.66. The van der Waals surface area contributed by atoms with Gasteiger partial charge < -0.3 is 21.2 Å². The van der Waals surface area contributed by atoms with E-state index in [1.165, 1.54) is 12.8 Å². The monoisotopic (exact) mass is 535 g/mol. The van der Waals surface area contributed by atoms with Crippen LogP contribution in [-0.2, 0) is 11.3 Å². The lowest BCUT2D eigenvalue weighted by atomic mass is 9.83. The molecular weight excluding hydrogens is 502 g/mol. The molecule has 0 radical (unpaired) electrons. The summed E-state index contributed by atoms with van der Waals surface area (Å²) >= 11 is 6.33. The molecule has 1 aliphatic rings. The SMILES string of the molecule is CC1CCC(CNc2c(NN(C)Cc3ccccc3)nc(C(=N)OC(N)=O)nc2-c2cccc(Cl)c2)CC1. The molecule has 2 aromatic carbocycles. The van der Waals surface area contributed by atoms with E-state index in [1.54, 1.807) is 12.1 Å². The van der Waals surface area contributed by atoms with Gasteiger partial charge in [-0.25, -0.2) is 19.8 Å². The molecule has 0 spiro atoms. The molecule has 0 aliphatic heterocycles. The van der Waals surface area contributed by atoms with Gasteiger partial charge in [-0.05, 0) is 42.4 Å². The number of nitrogens with zero attached hydrogens (tertiary/aromatic N) is 3. The van der Waals surface area contributed by atoms with Crippen LogP contribution in [0.2, 0.25) is 5.02 Å². The minimum Gasteiger partial charge on any atom is -0.388 e. The van der Waals surface area contributed by atoms with E-state index >= 15 is 0 Å². The van der Waals surface area contributed by atoms with Crippen molar-refractivity contribution in [1.82, 2.24) is 15.0 Å². The van der Waals surface area contributed by atoms with Gasteiger partial charge in [0, 0.05) is 30.7 Å². The molecule has 4 rings (SSSR count). The summed E-state index contributed by atoms with van der Waals surface area (Å²) in [5.74, 6) is 1.12. The van der Waals surface area contributed by atoms with Crippen molar-refractivity contribution in [3.05, 3.63) is 71.0 Å². The molecule has 5 N–H and O–H groups in total. The Kier molecular flexibility index (Phi) is 9.15. The number of aromatic nitrogens is 2. The number of nitrogens with two attached hydrogens (primary N) is 1. The van der Waals surface area contributed by atoms with E-state index in [-0.39, 0.29) is 5.82 Å². The summed E-state index contributed by atoms with van der Waals surface area (Å²) in [5, 5.41) is 14.3. The lowest BCUT2D eigenvalue weighted by Crippen LogP contribution is -2.28. The third-order valence-corrected chi connectivity index (χ3v) is 6.91. The molecule has 1 amide bonds. The van der Waals surface area contributed by atoms with E-state index in [0.29, 0.717) is 34.7 Å². The first-order valence-corrected chi connectivity index (χ1v) is 13.2. The predicted molar refractivity (Wildman–Crippen MR) is 151 cm³/mol. The van der Waals surface area contributed by atoms with Gasteiger partial charge in [-0.15, -0.1) is 0 Å². The van der Waals surface area contributed by atoms with Gasteiger partial charge in [0.25, 0.3) is 5.90 Å². The van der Waals surface area contributed by atoms with Crippen LogP contribution in [0.5, 0.6) is 0 Å². The third kappa shape index (κ3) is 7.43. The second-order valence-corrected chi connectivity index (χ2v) is 10.3. The van der Waals surface area contributed by atoms with Crippen LogP contribution in [0.15, 0.2) is 54.6 Å². The molecule has 1 fully saturated rings. The number of amides is 1. The fourth-order valence-electron chi connectivity index (χ4n) is 4.66. The molecule has 1 heterocycles. The minimum absolute atomic E-state index is 0.0774. The largest absolute Gasteiger partial charge is 0.411 e. The van der Waals surface area contributed by atoms with Crippen LogP contribution in [-0.4, -0.2) is 40.6 Å². The second kappa shape index (κ2) is 12.7. The predicted octanol–water partition coefficient (Wildman–Crippen LogP) is 5.91. The minimum atomic E-state index is -1.10. The molecule has 0 saturated heterocycles. The Morgan fingerprint density at radius 3 is 2.55 bits per heavy atom. The van der Waals surface area contributed by atoms with Crippen molar-refractivity contribution in [3.63, 3.8) is 0 Å². The van der Waals surface area contributed by atoms with Crippen LogP contribution >= 0.6 is 11.6 Å². The Morgan fingerprint density at radius 1 is 1.13 bits per heavy atom. The number of halogens is 1. The van der Waals surface area contributed by atoms with Gasteiger partial charge in [0.15, 0.2) is 5.82 Å². The van der Waals surface area contributed by atoms with Crippen molar-refractivity contribution in [2.24, 2.45) is 17.6 Å². The zero-order chi connectivity index (χ0) is 27.1. The van der Waals surface area contributed by atoms with E-state index in [0.717, 1.165) is 36.4 Å². The number of hydrogen-bond donors (Lipinski definition) is 4. The van der Waals surface area contributed by atoms with Crippen molar-refractivity contribution in [3.8, 4) is 11.3 Å². The van der Waals surface area contributed by atoms with Gasteiger partial charge in [-0.3, -0.25) is 5.41 Å². The number of nitrogens with one attached hydrogen (secondary N) is 3. The Balaban J connectivity index is 1.73. The molecule has 9 nitrogen and oxygen atoms in total.